The number of carboxylic acid groups (broad SMARTS) is 1. The summed E-state index contributed by atoms with van der Waals surface area (Å²) in [5.74, 6) is -3.63. The number of carboxylic acids is 1. The average Bonchev–Trinajstić information content (AvgIpc) is 3.43. The van der Waals surface area contributed by atoms with Crippen LogP contribution in [0, 0.1) is 11.6 Å². The Bertz CT molecular complexity index is 1450. The van der Waals surface area contributed by atoms with Gasteiger partial charge in [-0.05, 0) is 35.9 Å². The maximum Gasteiger partial charge on any atom is 0.490 e. The molecule has 1 saturated heterocycles. The Kier molecular flexibility index (Phi) is 8.83. The fourth-order valence-electron chi connectivity index (χ4n) is 3.72. The predicted octanol–water partition coefficient (Wildman–Crippen LogP) is 4.28. The predicted molar refractivity (Wildman–Crippen MR) is 133 cm³/mol. The van der Waals surface area contributed by atoms with Gasteiger partial charge in [-0.25, -0.2) is 33.2 Å². The monoisotopic (exact) mass is 563 g/mol. The Morgan fingerprint density at radius 1 is 1.10 bits per heavy atom. The van der Waals surface area contributed by atoms with Crippen molar-refractivity contribution in [3.05, 3.63) is 78.5 Å². The largest absolute Gasteiger partial charge is 0.490 e. The number of carbonyl (C=O) groups is 1. The lowest BCUT2D eigenvalue weighted by atomic mass is 10.1. The van der Waals surface area contributed by atoms with Gasteiger partial charge in [-0.15, -0.1) is 0 Å². The summed E-state index contributed by atoms with van der Waals surface area (Å²) in [6, 6.07) is 12.1. The van der Waals surface area contributed by atoms with Gasteiger partial charge in [0.2, 0.25) is 5.95 Å². The van der Waals surface area contributed by atoms with E-state index < -0.39 is 23.8 Å². The van der Waals surface area contributed by atoms with Gasteiger partial charge in [0.1, 0.15) is 24.2 Å². The quantitative estimate of drug-likeness (QED) is 0.332. The van der Waals surface area contributed by atoms with Crippen LogP contribution in [0.5, 0.6) is 0 Å². The summed E-state index contributed by atoms with van der Waals surface area (Å²) in [5, 5.41) is 14.3. The summed E-state index contributed by atoms with van der Waals surface area (Å²) < 4.78 is 67.9. The Labute approximate surface area is 224 Å². The highest BCUT2D eigenvalue weighted by atomic mass is 19.4. The van der Waals surface area contributed by atoms with E-state index in [1.165, 1.54) is 18.5 Å². The minimum Gasteiger partial charge on any atom is -0.475 e. The van der Waals surface area contributed by atoms with E-state index in [0.29, 0.717) is 44.1 Å². The van der Waals surface area contributed by atoms with Crippen molar-refractivity contribution in [1.29, 1.82) is 0 Å². The highest BCUT2D eigenvalue weighted by molar-refractivity contribution is 5.73. The maximum atomic E-state index is 14.7. The number of nitrogens with zero attached hydrogens (tertiary/aromatic N) is 6. The molecule has 0 spiro atoms. The molecule has 0 radical (unpaired) electrons. The first-order valence-corrected chi connectivity index (χ1v) is 11.7. The molecule has 0 saturated carbocycles. The molecule has 0 atom stereocenters. The fourth-order valence-corrected chi connectivity index (χ4v) is 3.72. The summed E-state index contributed by atoms with van der Waals surface area (Å²) >= 11 is 0. The molecule has 40 heavy (non-hydrogen) atoms. The number of aromatic nitrogens is 5. The van der Waals surface area contributed by atoms with E-state index in [-0.39, 0.29) is 11.6 Å². The van der Waals surface area contributed by atoms with Crippen molar-refractivity contribution in [3.8, 4) is 11.3 Å². The first-order valence-electron chi connectivity index (χ1n) is 11.7. The third-order valence-corrected chi connectivity index (χ3v) is 5.51. The highest BCUT2D eigenvalue weighted by Gasteiger charge is 2.38. The molecule has 0 amide bonds. The number of rotatable bonds is 6. The Hall–Kier alpha value is -4.66. The SMILES string of the molecule is Fc1cc(-c2nc(Nc3cccc(Cn4cncn4)c3)ncc2F)cc(N2CCOCC2)c1.O=C(O)C(F)(F)F. The lowest BCUT2D eigenvalue weighted by Gasteiger charge is -2.29. The van der Waals surface area contributed by atoms with Crippen LogP contribution >= 0.6 is 0 Å². The van der Waals surface area contributed by atoms with Crippen LogP contribution in [0.2, 0.25) is 0 Å². The molecule has 210 valence electrons. The number of alkyl halides is 3. The van der Waals surface area contributed by atoms with Crippen molar-refractivity contribution in [2.24, 2.45) is 0 Å². The molecule has 4 aromatic rings. The average molecular weight is 563 g/mol. The lowest BCUT2D eigenvalue weighted by molar-refractivity contribution is -0.192. The van der Waals surface area contributed by atoms with Crippen LogP contribution in [0.15, 0.2) is 61.3 Å². The van der Waals surface area contributed by atoms with Gasteiger partial charge >= 0.3 is 12.1 Å². The molecule has 5 rings (SSSR count). The molecule has 10 nitrogen and oxygen atoms in total. The molecule has 2 aromatic carbocycles. The van der Waals surface area contributed by atoms with Gasteiger partial charge in [-0.3, -0.25) is 0 Å². The van der Waals surface area contributed by atoms with E-state index in [9.17, 15) is 22.0 Å². The Morgan fingerprint density at radius 2 is 1.85 bits per heavy atom. The van der Waals surface area contributed by atoms with E-state index in [1.54, 1.807) is 17.1 Å². The number of nitrogens with one attached hydrogen (secondary N) is 1. The van der Waals surface area contributed by atoms with Crippen molar-refractivity contribution < 1.29 is 36.6 Å². The minimum atomic E-state index is -5.08. The Morgan fingerprint density at radius 3 is 2.52 bits per heavy atom. The summed E-state index contributed by atoms with van der Waals surface area (Å²) in [6.07, 6.45) is -0.879. The smallest absolute Gasteiger partial charge is 0.475 e. The van der Waals surface area contributed by atoms with Crippen molar-refractivity contribution >= 4 is 23.3 Å². The molecule has 2 N–H and O–H groups in total. The molecule has 1 fully saturated rings. The molecular formula is C25H22F5N7O3. The molecule has 1 aliphatic heterocycles. The molecule has 0 unspecified atom stereocenters. The van der Waals surface area contributed by atoms with Gasteiger partial charge in [0.05, 0.1) is 26.0 Å². The zero-order chi connectivity index (χ0) is 28.7. The molecule has 3 heterocycles. The van der Waals surface area contributed by atoms with Crippen molar-refractivity contribution in [3.63, 3.8) is 0 Å². The molecule has 0 aliphatic carbocycles. The second kappa shape index (κ2) is 12.5. The van der Waals surface area contributed by atoms with Crippen molar-refractivity contribution in [2.75, 3.05) is 36.5 Å². The normalized spacial score (nSPS) is 13.4. The van der Waals surface area contributed by atoms with E-state index in [0.717, 1.165) is 17.4 Å². The van der Waals surface area contributed by atoms with Crippen LogP contribution in [0.25, 0.3) is 11.3 Å². The standard InChI is InChI=1S/C23H21F2N7O.C2HF3O2/c24-18-9-17(10-20(11-18)31-4-6-33-7-5-31)22-21(25)12-27-23(30-22)29-19-3-1-2-16(8-19)13-32-15-26-14-28-32;3-2(4,5)1(6)7/h1-3,8-12,14-15H,4-7,13H2,(H,27,29,30);(H,6,7). The van der Waals surface area contributed by atoms with Crippen LogP contribution in [-0.2, 0) is 16.1 Å². The third-order valence-electron chi connectivity index (χ3n) is 5.51. The van der Waals surface area contributed by atoms with Crippen LogP contribution in [0.4, 0.5) is 39.3 Å². The topological polar surface area (TPSA) is 118 Å². The zero-order valence-corrected chi connectivity index (χ0v) is 20.6. The van der Waals surface area contributed by atoms with Crippen molar-refractivity contribution in [2.45, 2.75) is 12.7 Å². The van der Waals surface area contributed by atoms with Crippen LogP contribution in [0.1, 0.15) is 5.56 Å². The summed E-state index contributed by atoms with van der Waals surface area (Å²) in [5.41, 5.74) is 2.77. The number of hydrogen-bond donors (Lipinski definition) is 2. The number of hydrogen-bond acceptors (Lipinski definition) is 8. The number of anilines is 3. The summed E-state index contributed by atoms with van der Waals surface area (Å²) in [7, 11) is 0. The minimum absolute atomic E-state index is 0.0280. The third kappa shape index (κ3) is 7.69. The molecule has 2 aromatic heterocycles. The van der Waals surface area contributed by atoms with E-state index >= 15 is 0 Å². The van der Waals surface area contributed by atoms with Crippen LogP contribution in [0.3, 0.4) is 0 Å². The van der Waals surface area contributed by atoms with Gasteiger partial charge in [0.25, 0.3) is 0 Å². The second-order valence-electron chi connectivity index (χ2n) is 8.41. The molecule has 15 heteroatoms. The van der Waals surface area contributed by atoms with Gasteiger partial charge in [0.15, 0.2) is 5.82 Å². The molecular weight excluding hydrogens is 541 g/mol. The van der Waals surface area contributed by atoms with Gasteiger partial charge < -0.3 is 20.1 Å². The fraction of sp³-hybridized carbons (Fsp3) is 0.240. The van der Waals surface area contributed by atoms with Gasteiger partial charge in [-0.1, -0.05) is 12.1 Å². The zero-order valence-electron chi connectivity index (χ0n) is 20.6. The van der Waals surface area contributed by atoms with Gasteiger partial charge in [-0.2, -0.15) is 18.3 Å². The highest BCUT2D eigenvalue weighted by Crippen LogP contribution is 2.28. The number of aliphatic carboxylic acids is 1. The first kappa shape index (κ1) is 28.4. The van der Waals surface area contributed by atoms with E-state index in [1.807, 2.05) is 29.2 Å². The Balaban J connectivity index is 0.000000470. The maximum absolute atomic E-state index is 14.7. The molecule has 1 aliphatic rings. The van der Waals surface area contributed by atoms with Crippen molar-refractivity contribution in [1.82, 2.24) is 24.7 Å². The molecule has 0 bridgehead atoms. The number of benzene rings is 2. The van der Waals surface area contributed by atoms with Crippen LogP contribution < -0.4 is 10.2 Å². The first-order chi connectivity index (χ1) is 19.1. The number of halogens is 5. The number of morpholine rings is 1. The van der Waals surface area contributed by atoms with Crippen LogP contribution in [-0.4, -0.2) is 68.3 Å². The van der Waals surface area contributed by atoms with E-state index in [4.69, 9.17) is 14.6 Å². The second-order valence-corrected chi connectivity index (χ2v) is 8.41. The van der Waals surface area contributed by atoms with E-state index in [2.05, 4.69) is 25.4 Å². The summed E-state index contributed by atoms with van der Waals surface area (Å²) in [6.45, 7) is 2.98. The summed E-state index contributed by atoms with van der Waals surface area (Å²) in [4.78, 5) is 23.2. The number of ether oxygens (including phenoxy) is 1. The van der Waals surface area contributed by atoms with Gasteiger partial charge in [0, 0.05) is 30.0 Å². The lowest BCUT2D eigenvalue weighted by Crippen LogP contribution is -2.36.